The first-order valence-corrected chi connectivity index (χ1v) is 10.2. The third kappa shape index (κ3) is 4.00. The van der Waals surface area contributed by atoms with E-state index >= 15 is 0 Å². The Labute approximate surface area is 173 Å². The van der Waals surface area contributed by atoms with Gasteiger partial charge < -0.3 is 4.74 Å². The molecule has 0 saturated carbocycles. The molecule has 0 radical (unpaired) electrons. The number of nitrogens with zero attached hydrogens (tertiary/aromatic N) is 4. The second-order valence-electron chi connectivity index (χ2n) is 6.80. The van der Waals surface area contributed by atoms with E-state index in [0.717, 1.165) is 27.4 Å². The van der Waals surface area contributed by atoms with Crippen molar-refractivity contribution in [1.29, 1.82) is 0 Å². The van der Waals surface area contributed by atoms with Gasteiger partial charge in [0.05, 0.1) is 29.6 Å². The molecule has 0 bridgehead atoms. The average Bonchev–Trinajstić information content (AvgIpc) is 3.30. The molecule has 0 aliphatic rings. The molecule has 2 aromatic heterocycles. The molecule has 4 rings (SSSR count). The van der Waals surface area contributed by atoms with Crippen LogP contribution in [0, 0.1) is 13.8 Å². The van der Waals surface area contributed by atoms with Gasteiger partial charge in [-0.1, -0.05) is 23.5 Å². The SMILES string of the molecule is COc1ccc(C(=O)N(CCn2nc(C)cc2C)c2nc3ccccc3s2)cc1. The van der Waals surface area contributed by atoms with Crippen molar-refractivity contribution < 1.29 is 9.53 Å². The second-order valence-corrected chi connectivity index (χ2v) is 7.81. The zero-order chi connectivity index (χ0) is 20.4. The Balaban J connectivity index is 1.67. The summed E-state index contributed by atoms with van der Waals surface area (Å²) in [5, 5.41) is 5.21. The van der Waals surface area contributed by atoms with Crippen LogP contribution in [0.3, 0.4) is 0 Å². The van der Waals surface area contributed by atoms with Crippen LogP contribution >= 0.6 is 11.3 Å². The van der Waals surface area contributed by atoms with Crippen molar-refractivity contribution in [3.05, 3.63) is 71.5 Å². The molecule has 0 fully saturated rings. The van der Waals surface area contributed by atoms with Crippen LogP contribution in [0.4, 0.5) is 5.13 Å². The van der Waals surface area contributed by atoms with Crippen molar-refractivity contribution in [3.63, 3.8) is 0 Å². The number of anilines is 1. The van der Waals surface area contributed by atoms with E-state index in [4.69, 9.17) is 9.72 Å². The van der Waals surface area contributed by atoms with Gasteiger partial charge in [-0.3, -0.25) is 14.4 Å². The van der Waals surface area contributed by atoms with E-state index in [1.165, 1.54) is 11.3 Å². The maximum absolute atomic E-state index is 13.4. The summed E-state index contributed by atoms with van der Waals surface area (Å²) in [5.41, 5.74) is 3.53. The van der Waals surface area contributed by atoms with Gasteiger partial charge in [0.1, 0.15) is 5.75 Å². The molecule has 0 atom stereocenters. The first-order chi connectivity index (χ1) is 14.0. The van der Waals surface area contributed by atoms with Gasteiger partial charge in [0, 0.05) is 17.8 Å². The Morgan fingerprint density at radius 2 is 1.90 bits per heavy atom. The lowest BCUT2D eigenvalue weighted by molar-refractivity contribution is 0.0985. The summed E-state index contributed by atoms with van der Waals surface area (Å²) in [7, 11) is 1.61. The van der Waals surface area contributed by atoms with Crippen molar-refractivity contribution in [2.45, 2.75) is 20.4 Å². The lowest BCUT2D eigenvalue weighted by Gasteiger charge is -2.20. The lowest BCUT2D eigenvalue weighted by atomic mass is 10.2. The van der Waals surface area contributed by atoms with Crippen LogP contribution in [0.2, 0.25) is 0 Å². The van der Waals surface area contributed by atoms with E-state index in [1.807, 2.05) is 48.9 Å². The molecule has 4 aromatic rings. The molecule has 0 spiro atoms. The van der Waals surface area contributed by atoms with Gasteiger partial charge in [0.25, 0.3) is 5.91 Å². The molecule has 0 aliphatic heterocycles. The number of methoxy groups -OCH3 is 1. The van der Waals surface area contributed by atoms with Crippen LogP contribution in [-0.2, 0) is 6.54 Å². The van der Waals surface area contributed by atoms with Crippen molar-refractivity contribution in [1.82, 2.24) is 14.8 Å². The van der Waals surface area contributed by atoms with Gasteiger partial charge in [-0.05, 0) is 56.3 Å². The highest BCUT2D eigenvalue weighted by Gasteiger charge is 2.22. The number of aryl methyl sites for hydroxylation is 2. The summed E-state index contributed by atoms with van der Waals surface area (Å²) < 4.78 is 8.19. The summed E-state index contributed by atoms with van der Waals surface area (Å²) in [6.45, 7) is 5.06. The zero-order valence-electron chi connectivity index (χ0n) is 16.6. The van der Waals surface area contributed by atoms with Gasteiger partial charge >= 0.3 is 0 Å². The molecule has 1 amide bonds. The number of fused-ring (bicyclic) bond motifs is 1. The molecule has 148 valence electrons. The lowest BCUT2D eigenvalue weighted by Crippen LogP contribution is -2.34. The molecular weight excluding hydrogens is 384 g/mol. The largest absolute Gasteiger partial charge is 0.497 e. The van der Waals surface area contributed by atoms with E-state index < -0.39 is 0 Å². The molecule has 2 heterocycles. The van der Waals surface area contributed by atoms with Crippen molar-refractivity contribution in [2.24, 2.45) is 0 Å². The van der Waals surface area contributed by atoms with Crippen molar-refractivity contribution >= 4 is 32.6 Å². The fourth-order valence-corrected chi connectivity index (χ4v) is 4.23. The summed E-state index contributed by atoms with van der Waals surface area (Å²) >= 11 is 1.52. The number of amides is 1. The topological polar surface area (TPSA) is 60.2 Å². The first kappa shape index (κ1) is 19.1. The number of carbonyl (C=O) groups excluding carboxylic acids is 1. The summed E-state index contributed by atoms with van der Waals surface area (Å²) in [4.78, 5) is 19.8. The predicted octanol–water partition coefficient (Wildman–Crippen LogP) is 4.47. The Kier molecular flexibility index (Phi) is 5.31. The van der Waals surface area contributed by atoms with Gasteiger partial charge in [0.15, 0.2) is 5.13 Å². The normalized spacial score (nSPS) is 11.0. The number of rotatable bonds is 6. The van der Waals surface area contributed by atoms with E-state index in [2.05, 4.69) is 5.10 Å². The molecular formula is C22H22N4O2S. The number of benzene rings is 2. The molecule has 29 heavy (non-hydrogen) atoms. The van der Waals surface area contributed by atoms with Crippen LogP contribution in [0.25, 0.3) is 10.2 Å². The summed E-state index contributed by atoms with van der Waals surface area (Å²) in [6, 6.07) is 17.1. The Bertz CT molecular complexity index is 1110. The standard InChI is InChI=1S/C22H22N4O2S/c1-15-14-16(2)26(24-15)13-12-25(21(27)17-8-10-18(28-3)11-9-17)22-23-19-6-4-5-7-20(19)29-22/h4-11,14H,12-13H2,1-3H3. The van der Waals surface area contributed by atoms with E-state index in [0.29, 0.717) is 23.8 Å². The highest BCUT2D eigenvalue weighted by molar-refractivity contribution is 7.22. The Morgan fingerprint density at radius 3 is 2.55 bits per heavy atom. The fraction of sp³-hybridized carbons (Fsp3) is 0.227. The summed E-state index contributed by atoms with van der Waals surface area (Å²) in [6.07, 6.45) is 0. The number of hydrogen-bond donors (Lipinski definition) is 0. The van der Waals surface area contributed by atoms with Crippen LogP contribution < -0.4 is 9.64 Å². The molecule has 0 aliphatic carbocycles. The first-order valence-electron chi connectivity index (χ1n) is 9.37. The van der Waals surface area contributed by atoms with Crippen LogP contribution in [0.15, 0.2) is 54.6 Å². The predicted molar refractivity (Wildman–Crippen MR) is 116 cm³/mol. The average molecular weight is 407 g/mol. The second kappa shape index (κ2) is 8.05. The molecule has 6 nitrogen and oxygen atoms in total. The Morgan fingerprint density at radius 1 is 1.14 bits per heavy atom. The molecule has 0 N–H and O–H groups in total. The summed E-state index contributed by atoms with van der Waals surface area (Å²) in [5.74, 6) is 0.629. The van der Waals surface area contributed by atoms with Crippen molar-refractivity contribution in [2.75, 3.05) is 18.6 Å². The maximum Gasteiger partial charge on any atom is 0.260 e. The molecule has 0 unspecified atom stereocenters. The third-order valence-corrected chi connectivity index (χ3v) is 5.79. The van der Waals surface area contributed by atoms with Gasteiger partial charge in [-0.25, -0.2) is 4.98 Å². The smallest absolute Gasteiger partial charge is 0.260 e. The number of carbonyl (C=O) groups is 1. The molecule has 0 saturated heterocycles. The van der Waals surface area contributed by atoms with E-state index in [-0.39, 0.29) is 5.91 Å². The van der Waals surface area contributed by atoms with Gasteiger partial charge in [-0.2, -0.15) is 5.10 Å². The highest BCUT2D eigenvalue weighted by atomic mass is 32.1. The highest BCUT2D eigenvalue weighted by Crippen LogP contribution is 2.30. The third-order valence-electron chi connectivity index (χ3n) is 4.73. The molecule has 7 heteroatoms. The number of thiazole rings is 1. The van der Waals surface area contributed by atoms with Gasteiger partial charge in [-0.15, -0.1) is 0 Å². The van der Waals surface area contributed by atoms with Crippen LogP contribution in [0.5, 0.6) is 5.75 Å². The fourth-order valence-electron chi connectivity index (χ4n) is 3.25. The number of aromatic nitrogens is 3. The van der Waals surface area contributed by atoms with E-state index in [9.17, 15) is 4.79 Å². The van der Waals surface area contributed by atoms with Gasteiger partial charge in [0.2, 0.25) is 0 Å². The number of hydrogen-bond acceptors (Lipinski definition) is 5. The minimum Gasteiger partial charge on any atom is -0.497 e. The maximum atomic E-state index is 13.4. The Hall–Kier alpha value is -3.19. The minimum absolute atomic E-state index is 0.0896. The monoisotopic (exact) mass is 406 g/mol. The molecule has 2 aromatic carbocycles. The zero-order valence-corrected chi connectivity index (χ0v) is 17.4. The number of ether oxygens (including phenoxy) is 1. The van der Waals surface area contributed by atoms with E-state index in [1.54, 1.807) is 36.3 Å². The quantitative estimate of drug-likeness (QED) is 0.474. The number of para-hydroxylation sites is 1. The van der Waals surface area contributed by atoms with Crippen molar-refractivity contribution in [3.8, 4) is 5.75 Å². The minimum atomic E-state index is -0.0896. The van der Waals surface area contributed by atoms with Crippen LogP contribution in [-0.4, -0.2) is 34.3 Å². The van der Waals surface area contributed by atoms with Crippen LogP contribution in [0.1, 0.15) is 21.7 Å².